The topological polar surface area (TPSA) is 53.6 Å². The first-order valence-corrected chi connectivity index (χ1v) is 8.21. The fourth-order valence-corrected chi connectivity index (χ4v) is 2.53. The lowest BCUT2D eigenvalue weighted by Crippen LogP contribution is -2.44. The molecule has 1 amide bonds. The van der Waals surface area contributed by atoms with Gasteiger partial charge in [0.1, 0.15) is 5.60 Å². The van der Waals surface area contributed by atoms with Gasteiger partial charge in [-0.05, 0) is 60.0 Å². The average Bonchev–Trinajstić information content (AvgIpc) is 2.38. The van der Waals surface area contributed by atoms with E-state index in [4.69, 9.17) is 4.74 Å². The van der Waals surface area contributed by atoms with E-state index in [0.717, 1.165) is 45.3 Å². The normalized spacial score (nSPS) is 23.1. The minimum Gasteiger partial charge on any atom is -0.444 e. The van der Waals surface area contributed by atoms with Crippen LogP contribution in [-0.2, 0) is 4.74 Å². The van der Waals surface area contributed by atoms with Gasteiger partial charge in [-0.1, -0.05) is 6.92 Å². The van der Waals surface area contributed by atoms with Crippen LogP contribution in [0.15, 0.2) is 0 Å². The Balaban J connectivity index is 2.16. The van der Waals surface area contributed by atoms with Gasteiger partial charge in [-0.3, -0.25) is 0 Å². The van der Waals surface area contributed by atoms with Gasteiger partial charge in [-0.2, -0.15) is 0 Å². The van der Waals surface area contributed by atoms with Crippen molar-refractivity contribution < 1.29 is 9.53 Å². The van der Waals surface area contributed by atoms with E-state index >= 15 is 0 Å². The summed E-state index contributed by atoms with van der Waals surface area (Å²) >= 11 is 0. The molecule has 0 spiro atoms. The Morgan fingerprint density at radius 2 is 1.76 bits per heavy atom. The third-order valence-corrected chi connectivity index (χ3v) is 3.91. The smallest absolute Gasteiger partial charge is 0.407 e. The summed E-state index contributed by atoms with van der Waals surface area (Å²) in [6, 6.07) is 0.850. The number of carbonyl (C=O) groups excluding carboxylic acids is 1. The quantitative estimate of drug-likeness (QED) is 0.790. The molecule has 5 heteroatoms. The molecule has 0 heterocycles. The fraction of sp³-hybridized carbons (Fsp3) is 0.938. The highest BCUT2D eigenvalue weighted by molar-refractivity contribution is 5.68. The molecule has 1 fully saturated rings. The van der Waals surface area contributed by atoms with Gasteiger partial charge in [0.05, 0.1) is 0 Å². The van der Waals surface area contributed by atoms with Crippen LogP contribution in [0.2, 0.25) is 0 Å². The molecule has 1 aliphatic rings. The third-order valence-electron chi connectivity index (χ3n) is 3.91. The molecule has 0 radical (unpaired) electrons. The number of nitrogens with zero attached hydrogens (tertiary/aromatic N) is 1. The van der Waals surface area contributed by atoms with E-state index < -0.39 is 5.60 Å². The molecule has 0 aromatic rings. The maximum absolute atomic E-state index is 11.7. The summed E-state index contributed by atoms with van der Waals surface area (Å²) in [7, 11) is 2.14. The molecule has 0 aliphatic heterocycles. The Kier molecular flexibility index (Phi) is 7.46. The molecule has 0 aromatic carbocycles. The van der Waals surface area contributed by atoms with E-state index in [2.05, 4.69) is 29.5 Å². The molecule has 0 bridgehead atoms. The maximum atomic E-state index is 11.7. The summed E-state index contributed by atoms with van der Waals surface area (Å²) in [6.07, 6.45) is 4.01. The number of nitrogens with one attached hydrogen (secondary N) is 2. The number of carbonyl (C=O) groups is 1. The summed E-state index contributed by atoms with van der Waals surface area (Å²) < 4.78 is 5.30. The largest absolute Gasteiger partial charge is 0.444 e. The molecule has 1 aliphatic carbocycles. The van der Waals surface area contributed by atoms with Crippen molar-refractivity contribution in [3.05, 3.63) is 0 Å². The van der Waals surface area contributed by atoms with E-state index in [1.807, 2.05) is 20.8 Å². The van der Waals surface area contributed by atoms with Crippen LogP contribution in [-0.4, -0.2) is 55.4 Å². The highest BCUT2D eigenvalue weighted by Gasteiger charge is 2.24. The predicted molar refractivity (Wildman–Crippen MR) is 86.6 cm³/mol. The number of amides is 1. The first-order valence-electron chi connectivity index (χ1n) is 8.21. The molecule has 21 heavy (non-hydrogen) atoms. The Bertz CT molecular complexity index is 307. The van der Waals surface area contributed by atoms with E-state index in [9.17, 15) is 4.79 Å². The number of hydrogen-bond acceptors (Lipinski definition) is 4. The average molecular weight is 299 g/mol. The van der Waals surface area contributed by atoms with Crippen molar-refractivity contribution in [2.75, 3.05) is 26.7 Å². The minimum absolute atomic E-state index is 0.260. The van der Waals surface area contributed by atoms with Gasteiger partial charge >= 0.3 is 6.09 Å². The van der Waals surface area contributed by atoms with Gasteiger partial charge < -0.3 is 20.3 Å². The Morgan fingerprint density at radius 3 is 2.29 bits per heavy atom. The zero-order valence-electron chi connectivity index (χ0n) is 14.4. The van der Waals surface area contributed by atoms with Crippen LogP contribution in [0.4, 0.5) is 4.79 Å². The van der Waals surface area contributed by atoms with Crippen LogP contribution in [0.3, 0.4) is 0 Å². The Hall–Kier alpha value is -0.810. The standard InChI is InChI=1S/C16H33N3O2/c1-6-19(5)12-11-17-13-7-9-14(10-8-13)18-15(20)21-16(2,3)4/h13-14,17H,6-12H2,1-5H3,(H,18,20). The summed E-state index contributed by atoms with van der Waals surface area (Å²) in [5.74, 6) is 0. The molecule has 1 saturated carbocycles. The number of likely N-dealkylation sites (N-methyl/N-ethyl adjacent to an activating group) is 1. The second-order valence-corrected chi connectivity index (χ2v) is 7.04. The molecule has 0 aromatic heterocycles. The predicted octanol–water partition coefficient (Wildman–Crippen LogP) is 2.36. The van der Waals surface area contributed by atoms with E-state index in [0.29, 0.717) is 6.04 Å². The molecular weight excluding hydrogens is 266 g/mol. The summed E-state index contributed by atoms with van der Waals surface area (Å²) in [4.78, 5) is 14.0. The molecule has 5 nitrogen and oxygen atoms in total. The third kappa shape index (κ3) is 8.27. The highest BCUT2D eigenvalue weighted by atomic mass is 16.6. The maximum Gasteiger partial charge on any atom is 0.407 e. The van der Waals surface area contributed by atoms with Crippen LogP contribution >= 0.6 is 0 Å². The fourth-order valence-electron chi connectivity index (χ4n) is 2.53. The molecule has 1 rings (SSSR count). The van der Waals surface area contributed by atoms with Crippen molar-refractivity contribution in [1.29, 1.82) is 0 Å². The van der Waals surface area contributed by atoms with Crippen LogP contribution in [0.1, 0.15) is 53.4 Å². The van der Waals surface area contributed by atoms with Gasteiger partial charge in [0.25, 0.3) is 0 Å². The van der Waals surface area contributed by atoms with Crippen molar-refractivity contribution in [3.8, 4) is 0 Å². The van der Waals surface area contributed by atoms with Crippen LogP contribution < -0.4 is 10.6 Å². The minimum atomic E-state index is -0.422. The van der Waals surface area contributed by atoms with E-state index in [-0.39, 0.29) is 12.1 Å². The van der Waals surface area contributed by atoms with Gasteiger partial charge in [0.15, 0.2) is 0 Å². The molecular formula is C16H33N3O2. The van der Waals surface area contributed by atoms with E-state index in [1.54, 1.807) is 0 Å². The second kappa shape index (κ2) is 8.59. The van der Waals surface area contributed by atoms with Crippen molar-refractivity contribution >= 4 is 6.09 Å². The second-order valence-electron chi connectivity index (χ2n) is 7.04. The monoisotopic (exact) mass is 299 g/mol. The number of hydrogen-bond donors (Lipinski definition) is 2. The van der Waals surface area contributed by atoms with Crippen molar-refractivity contribution in [1.82, 2.24) is 15.5 Å². The highest BCUT2D eigenvalue weighted by Crippen LogP contribution is 2.19. The van der Waals surface area contributed by atoms with Gasteiger partial charge in [0, 0.05) is 25.2 Å². The molecule has 124 valence electrons. The van der Waals surface area contributed by atoms with Crippen molar-refractivity contribution in [3.63, 3.8) is 0 Å². The first kappa shape index (κ1) is 18.2. The number of alkyl carbamates (subject to hydrolysis) is 1. The molecule has 0 saturated heterocycles. The van der Waals surface area contributed by atoms with Crippen LogP contribution in [0, 0.1) is 0 Å². The van der Waals surface area contributed by atoms with E-state index in [1.165, 1.54) is 0 Å². The lowest BCUT2D eigenvalue weighted by Gasteiger charge is -2.31. The van der Waals surface area contributed by atoms with Crippen molar-refractivity contribution in [2.24, 2.45) is 0 Å². The summed E-state index contributed by atoms with van der Waals surface area (Å²) in [5, 5.41) is 6.60. The van der Waals surface area contributed by atoms with Gasteiger partial charge in [0.2, 0.25) is 0 Å². The Labute approximate surface area is 129 Å². The summed E-state index contributed by atoms with van der Waals surface area (Å²) in [6.45, 7) is 11.1. The van der Waals surface area contributed by atoms with Gasteiger partial charge in [-0.15, -0.1) is 0 Å². The van der Waals surface area contributed by atoms with Gasteiger partial charge in [-0.25, -0.2) is 4.79 Å². The molecule has 2 N–H and O–H groups in total. The first-order chi connectivity index (χ1) is 9.80. The lowest BCUT2D eigenvalue weighted by atomic mass is 9.91. The zero-order valence-corrected chi connectivity index (χ0v) is 14.4. The number of ether oxygens (including phenoxy) is 1. The van der Waals surface area contributed by atoms with Crippen LogP contribution in [0.25, 0.3) is 0 Å². The Morgan fingerprint density at radius 1 is 1.19 bits per heavy atom. The summed E-state index contributed by atoms with van der Waals surface area (Å²) in [5.41, 5.74) is -0.422. The zero-order chi connectivity index (χ0) is 15.9. The molecule has 0 unspecified atom stereocenters. The lowest BCUT2D eigenvalue weighted by molar-refractivity contribution is 0.0489. The van der Waals surface area contributed by atoms with Crippen LogP contribution in [0.5, 0.6) is 0 Å². The number of rotatable bonds is 6. The molecule has 0 atom stereocenters. The van der Waals surface area contributed by atoms with Crippen molar-refractivity contribution in [2.45, 2.75) is 71.1 Å². The SMILES string of the molecule is CCN(C)CCNC1CCC(NC(=O)OC(C)(C)C)CC1.